The van der Waals surface area contributed by atoms with Gasteiger partial charge in [-0.2, -0.15) is 0 Å². The molecule has 0 saturated carbocycles. The third-order valence-corrected chi connectivity index (χ3v) is 1.94. The molecular weight excluding hydrogens is 231 g/mol. The summed E-state index contributed by atoms with van der Waals surface area (Å²) in [5.74, 6) is 9.72. The van der Waals surface area contributed by atoms with Crippen molar-refractivity contribution in [1.82, 2.24) is 0 Å². The van der Waals surface area contributed by atoms with Crippen molar-refractivity contribution in [3.05, 3.63) is 24.0 Å². The van der Waals surface area contributed by atoms with Gasteiger partial charge in [0.05, 0.1) is 5.69 Å². The zero-order valence-electron chi connectivity index (χ0n) is 8.63. The van der Waals surface area contributed by atoms with Crippen molar-refractivity contribution in [2.75, 3.05) is 10.0 Å². The summed E-state index contributed by atoms with van der Waals surface area (Å²) >= 11 is 0. The molecule has 0 unspecified atom stereocenters. The molecule has 0 bridgehead atoms. The highest BCUT2D eigenvalue weighted by molar-refractivity contribution is 5.93. The molecule has 1 aromatic rings. The number of hydrogen-bond acceptors (Lipinski definition) is 4. The molecule has 8 nitrogen and oxygen atoms in total. The molecule has 17 heavy (non-hydrogen) atoms. The Morgan fingerprint density at radius 2 is 1.59 bits per heavy atom. The van der Waals surface area contributed by atoms with Crippen molar-refractivity contribution in [2.45, 2.75) is 0 Å². The van der Waals surface area contributed by atoms with E-state index in [0.717, 1.165) is 12.1 Å². The second kappa shape index (κ2) is 4.63. The van der Waals surface area contributed by atoms with Crippen LogP contribution >= 0.6 is 0 Å². The minimum absolute atomic E-state index is 0.0607. The van der Waals surface area contributed by atoms with E-state index in [-0.39, 0.29) is 11.4 Å². The van der Waals surface area contributed by atoms with Crippen LogP contribution in [0.5, 0.6) is 0 Å². The molecule has 4 amide bonds. The fraction of sp³-hybridized carbons (Fsp3) is 0. The van der Waals surface area contributed by atoms with Crippen molar-refractivity contribution < 1.29 is 14.0 Å². The van der Waals surface area contributed by atoms with E-state index in [1.807, 2.05) is 0 Å². The fourth-order valence-corrected chi connectivity index (χ4v) is 1.08. The van der Waals surface area contributed by atoms with Gasteiger partial charge in [-0.3, -0.25) is 0 Å². The summed E-state index contributed by atoms with van der Waals surface area (Å²) in [5, 5.41) is 0.950. The van der Waals surface area contributed by atoms with Crippen LogP contribution in [-0.4, -0.2) is 12.1 Å². The van der Waals surface area contributed by atoms with Crippen molar-refractivity contribution >= 4 is 23.4 Å². The molecule has 0 heterocycles. The highest BCUT2D eigenvalue weighted by atomic mass is 19.1. The minimum atomic E-state index is -1.07. The smallest absolute Gasteiger partial charge is 0.333 e. The summed E-state index contributed by atoms with van der Waals surface area (Å²) in [6, 6.07) is 1.20. The van der Waals surface area contributed by atoms with Crippen LogP contribution in [0.2, 0.25) is 0 Å². The number of hydrazine groups is 2. The van der Waals surface area contributed by atoms with Gasteiger partial charge in [0.15, 0.2) is 0 Å². The van der Waals surface area contributed by atoms with Gasteiger partial charge in [-0.05, 0) is 18.2 Å². The van der Waals surface area contributed by atoms with E-state index in [1.54, 1.807) is 0 Å². The molecule has 9 heteroatoms. The minimum Gasteiger partial charge on any atom is -0.350 e. The lowest BCUT2D eigenvalue weighted by molar-refractivity contribution is 0.253. The van der Waals surface area contributed by atoms with Crippen LogP contribution in [0.4, 0.5) is 25.4 Å². The van der Waals surface area contributed by atoms with Gasteiger partial charge in [0.25, 0.3) is 0 Å². The summed E-state index contributed by atoms with van der Waals surface area (Å²) in [6.07, 6.45) is 0. The van der Waals surface area contributed by atoms with E-state index >= 15 is 0 Å². The number of hydrogen-bond donors (Lipinski definition) is 4. The number of primary amides is 2. The Labute approximate surface area is 95.5 Å². The van der Waals surface area contributed by atoms with Crippen LogP contribution < -0.4 is 33.2 Å². The number of rotatable bonds is 2. The van der Waals surface area contributed by atoms with Gasteiger partial charge in [0.2, 0.25) is 0 Å². The third kappa shape index (κ3) is 2.59. The first-order chi connectivity index (χ1) is 7.84. The Hall–Kier alpha value is -2.39. The first kappa shape index (κ1) is 12.7. The number of amides is 4. The average Bonchev–Trinajstić information content (AvgIpc) is 2.27. The van der Waals surface area contributed by atoms with Crippen LogP contribution in [0.25, 0.3) is 0 Å². The zero-order chi connectivity index (χ0) is 13.2. The Morgan fingerprint density at radius 1 is 1.06 bits per heavy atom. The molecule has 0 aliphatic carbocycles. The summed E-state index contributed by atoms with van der Waals surface area (Å²) in [7, 11) is 0. The van der Waals surface area contributed by atoms with Gasteiger partial charge < -0.3 is 11.5 Å². The number of carbonyl (C=O) groups is 2. The number of anilines is 2. The van der Waals surface area contributed by atoms with Crippen molar-refractivity contribution in [3.63, 3.8) is 0 Å². The SMILES string of the molecule is NC(=O)N(N)c1ccc(F)c(N(N)C(N)=O)c1. The van der Waals surface area contributed by atoms with E-state index in [9.17, 15) is 14.0 Å². The highest BCUT2D eigenvalue weighted by Gasteiger charge is 2.16. The maximum Gasteiger partial charge on any atom is 0.333 e. The normalized spacial score (nSPS) is 9.82. The lowest BCUT2D eigenvalue weighted by atomic mass is 10.2. The molecule has 92 valence electrons. The molecular formula is C8H11FN6O2. The summed E-state index contributed by atoms with van der Waals surface area (Å²) in [4.78, 5) is 21.6. The lowest BCUT2D eigenvalue weighted by Gasteiger charge is -2.18. The van der Waals surface area contributed by atoms with E-state index < -0.39 is 17.9 Å². The highest BCUT2D eigenvalue weighted by Crippen LogP contribution is 2.23. The molecule has 8 N–H and O–H groups in total. The Bertz CT molecular complexity index is 465. The number of nitrogens with zero attached hydrogens (tertiary/aromatic N) is 2. The van der Waals surface area contributed by atoms with E-state index in [2.05, 4.69) is 0 Å². The monoisotopic (exact) mass is 242 g/mol. The predicted molar refractivity (Wildman–Crippen MR) is 58.9 cm³/mol. The second-order valence-electron chi connectivity index (χ2n) is 3.05. The van der Waals surface area contributed by atoms with Gasteiger partial charge in [-0.1, -0.05) is 0 Å². The Kier molecular flexibility index (Phi) is 3.46. The molecule has 0 radical (unpaired) electrons. The van der Waals surface area contributed by atoms with E-state index in [0.29, 0.717) is 10.0 Å². The largest absolute Gasteiger partial charge is 0.350 e. The van der Waals surface area contributed by atoms with Crippen LogP contribution in [0.3, 0.4) is 0 Å². The summed E-state index contributed by atoms with van der Waals surface area (Å²) in [6.45, 7) is 0. The van der Waals surface area contributed by atoms with E-state index in [1.165, 1.54) is 6.07 Å². The molecule has 1 aromatic carbocycles. The summed E-state index contributed by atoms with van der Waals surface area (Å²) < 4.78 is 13.3. The van der Waals surface area contributed by atoms with Gasteiger partial charge in [-0.25, -0.2) is 35.7 Å². The van der Waals surface area contributed by atoms with Gasteiger partial charge in [0.1, 0.15) is 11.5 Å². The Morgan fingerprint density at radius 3 is 2.06 bits per heavy atom. The first-order valence-corrected chi connectivity index (χ1v) is 4.32. The van der Waals surface area contributed by atoms with Crippen molar-refractivity contribution in [3.8, 4) is 0 Å². The maximum atomic E-state index is 13.3. The maximum absolute atomic E-state index is 13.3. The van der Waals surface area contributed by atoms with Crippen LogP contribution in [0.15, 0.2) is 18.2 Å². The lowest BCUT2D eigenvalue weighted by Crippen LogP contribution is -2.43. The van der Waals surface area contributed by atoms with Gasteiger partial charge >= 0.3 is 12.1 Å². The number of urea groups is 2. The van der Waals surface area contributed by atoms with E-state index in [4.69, 9.17) is 23.2 Å². The van der Waals surface area contributed by atoms with Crippen molar-refractivity contribution in [2.24, 2.45) is 23.2 Å². The molecule has 1 rings (SSSR count). The van der Waals surface area contributed by atoms with Crippen LogP contribution in [0, 0.1) is 5.82 Å². The third-order valence-electron chi connectivity index (χ3n) is 1.94. The predicted octanol–water partition coefficient (Wildman–Crippen LogP) is -0.657. The summed E-state index contributed by atoms with van der Waals surface area (Å²) in [5.41, 5.74) is 9.54. The van der Waals surface area contributed by atoms with Crippen LogP contribution in [-0.2, 0) is 0 Å². The molecule has 0 aliphatic heterocycles. The van der Waals surface area contributed by atoms with Crippen molar-refractivity contribution in [1.29, 1.82) is 0 Å². The second-order valence-corrected chi connectivity index (χ2v) is 3.05. The molecule has 0 aliphatic rings. The molecule has 0 atom stereocenters. The number of benzene rings is 1. The standard InChI is InChI=1S/C8H11FN6O2/c9-5-2-1-4(14(12)7(10)16)3-6(5)15(13)8(11)17/h1-3H,12-13H2,(H2,10,16)(H2,11,17). The average molecular weight is 242 g/mol. The zero-order valence-corrected chi connectivity index (χ0v) is 8.63. The fourth-order valence-electron chi connectivity index (χ4n) is 1.08. The van der Waals surface area contributed by atoms with Gasteiger partial charge in [0, 0.05) is 0 Å². The molecule has 0 saturated heterocycles. The van der Waals surface area contributed by atoms with Crippen LogP contribution in [0.1, 0.15) is 0 Å². The Balaban J connectivity index is 3.19. The molecule has 0 spiro atoms. The first-order valence-electron chi connectivity index (χ1n) is 4.32. The quantitative estimate of drug-likeness (QED) is 0.310. The number of carbonyl (C=O) groups excluding carboxylic acids is 2. The number of nitrogens with two attached hydrogens (primary N) is 4. The molecule has 0 aromatic heterocycles. The molecule has 0 fully saturated rings. The number of halogens is 1. The van der Waals surface area contributed by atoms with Gasteiger partial charge in [-0.15, -0.1) is 0 Å². The topological polar surface area (TPSA) is 145 Å².